The molecule has 0 aliphatic carbocycles. The Hall–Kier alpha value is -2.04. The van der Waals surface area contributed by atoms with Gasteiger partial charge in [-0.1, -0.05) is 13.3 Å². The van der Waals surface area contributed by atoms with E-state index in [0.29, 0.717) is 11.5 Å². The number of hydrogen-bond donors (Lipinski definition) is 1. The average molecular weight is 343 g/mol. The summed E-state index contributed by atoms with van der Waals surface area (Å²) in [4.78, 5) is 28.9. The van der Waals surface area contributed by atoms with Gasteiger partial charge in [-0.2, -0.15) is 0 Å². The molecule has 2 aliphatic heterocycles. The van der Waals surface area contributed by atoms with E-state index in [1.54, 1.807) is 0 Å². The molecule has 136 valence electrons. The summed E-state index contributed by atoms with van der Waals surface area (Å²) in [6.45, 7) is 7.50. The molecule has 3 rings (SSSR count). The minimum absolute atomic E-state index is 0.0279. The highest BCUT2D eigenvalue weighted by molar-refractivity contribution is 5.96. The summed E-state index contributed by atoms with van der Waals surface area (Å²) in [5.74, 6) is 0.710. The highest BCUT2D eigenvalue weighted by Crippen LogP contribution is 2.22. The molecule has 0 bridgehead atoms. The number of nitrogens with zero attached hydrogens (tertiary/aromatic N) is 2. The minimum Gasteiger partial charge on any atom is -0.339 e. The van der Waals surface area contributed by atoms with Crippen LogP contribution >= 0.6 is 0 Å². The molecule has 0 aromatic heterocycles. The molecule has 1 N–H and O–H groups in total. The molecule has 1 aromatic carbocycles. The smallest absolute Gasteiger partial charge is 0.321 e. The van der Waals surface area contributed by atoms with Crippen molar-refractivity contribution in [3.05, 3.63) is 29.3 Å². The Morgan fingerprint density at radius 2 is 1.84 bits per heavy atom. The average Bonchev–Trinajstić information content (AvgIpc) is 3.17. The van der Waals surface area contributed by atoms with E-state index in [2.05, 4.69) is 12.2 Å². The van der Waals surface area contributed by atoms with Gasteiger partial charge >= 0.3 is 6.03 Å². The molecule has 2 aliphatic rings. The molecule has 3 amide bonds. The molecule has 2 fully saturated rings. The van der Waals surface area contributed by atoms with Crippen molar-refractivity contribution >= 4 is 17.6 Å². The van der Waals surface area contributed by atoms with Crippen molar-refractivity contribution in [1.82, 2.24) is 9.80 Å². The molecule has 1 aromatic rings. The van der Waals surface area contributed by atoms with Gasteiger partial charge < -0.3 is 15.1 Å². The van der Waals surface area contributed by atoms with Crippen molar-refractivity contribution in [1.29, 1.82) is 0 Å². The largest absolute Gasteiger partial charge is 0.339 e. The number of piperidine rings is 1. The number of hydrogen-bond acceptors (Lipinski definition) is 2. The SMILES string of the molecule is CC[C@H]1CCCN(C(=O)Nc2ccc(C(=O)N3CCCC3)cc2C)C1. The van der Waals surface area contributed by atoms with Crippen LogP contribution in [0.1, 0.15) is 54.9 Å². The normalized spacial score (nSPS) is 20.6. The van der Waals surface area contributed by atoms with Gasteiger partial charge in [0.1, 0.15) is 0 Å². The van der Waals surface area contributed by atoms with Crippen LogP contribution in [0.4, 0.5) is 10.5 Å². The summed E-state index contributed by atoms with van der Waals surface area (Å²) in [6.07, 6.45) is 5.60. The molecule has 1 atom stereocenters. The van der Waals surface area contributed by atoms with Crippen LogP contribution in [0.15, 0.2) is 18.2 Å². The Morgan fingerprint density at radius 1 is 1.12 bits per heavy atom. The van der Waals surface area contributed by atoms with Gasteiger partial charge in [-0.3, -0.25) is 4.79 Å². The highest BCUT2D eigenvalue weighted by Gasteiger charge is 2.23. The lowest BCUT2D eigenvalue weighted by Gasteiger charge is -2.32. The zero-order chi connectivity index (χ0) is 17.8. The number of urea groups is 1. The maximum absolute atomic E-state index is 12.5. The van der Waals surface area contributed by atoms with Crippen LogP contribution in [-0.2, 0) is 0 Å². The van der Waals surface area contributed by atoms with Crippen LogP contribution in [0.3, 0.4) is 0 Å². The first-order valence-corrected chi connectivity index (χ1v) is 9.54. The molecule has 5 heteroatoms. The van der Waals surface area contributed by atoms with E-state index in [-0.39, 0.29) is 11.9 Å². The molecular formula is C20H29N3O2. The zero-order valence-electron chi connectivity index (χ0n) is 15.4. The maximum atomic E-state index is 12.5. The van der Waals surface area contributed by atoms with Crippen molar-refractivity contribution in [2.45, 2.75) is 46.0 Å². The second-order valence-electron chi connectivity index (χ2n) is 7.32. The van der Waals surface area contributed by atoms with E-state index in [1.807, 2.05) is 34.9 Å². The van der Waals surface area contributed by atoms with Gasteiger partial charge in [0.05, 0.1) is 0 Å². The summed E-state index contributed by atoms with van der Waals surface area (Å²) in [5, 5.41) is 3.02. The van der Waals surface area contributed by atoms with Gasteiger partial charge in [0.2, 0.25) is 0 Å². The first kappa shape index (κ1) is 17.8. The molecule has 5 nitrogen and oxygen atoms in total. The number of aryl methyl sites for hydroxylation is 1. The Morgan fingerprint density at radius 3 is 2.52 bits per heavy atom. The summed E-state index contributed by atoms with van der Waals surface area (Å²) in [7, 11) is 0. The number of carbonyl (C=O) groups is 2. The van der Waals surface area contributed by atoms with E-state index >= 15 is 0 Å². The summed E-state index contributed by atoms with van der Waals surface area (Å²) in [5.41, 5.74) is 2.44. The third-order valence-corrected chi connectivity index (χ3v) is 5.49. The first-order valence-electron chi connectivity index (χ1n) is 9.54. The fourth-order valence-corrected chi connectivity index (χ4v) is 3.82. The van der Waals surface area contributed by atoms with Crippen LogP contribution in [0, 0.1) is 12.8 Å². The molecular weight excluding hydrogens is 314 g/mol. The van der Waals surface area contributed by atoms with Gasteiger partial charge in [-0.05, 0) is 62.3 Å². The van der Waals surface area contributed by atoms with Crippen LogP contribution in [0.5, 0.6) is 0 Å². The van der Waals surface area contributed by atoms with E-state index in [1.165, 1.54) is 6.42 Å². The van der Waals surface area contributed by atoms with Gasteiger partial charge in [-0.25, -0.2) is 4.79 Å². The van der Waals surface area contributed by atoms with Crippen LogP contribution < -0.4 is 5.32 Å². The summed E-state index contributed by atoms with van der Waals surface area (Å²) < 4.78 is 0. The Balaban J connectivity index is 1.64. The lowest BCUT2D eigenvalue weighted by molar-refractivity contribution is 0.0792. The number of likely N-dealkylation sites (tertiary alicyclic amines) is 2. The second-order valence-corrected chi connectivity index (χ2v) is 7.32. The Labute approximate surface area is 150 Å². The molecule has 2 heterocycles. The third-order valence-electron chi connectivity index (χ3n) is 5.49. The lowest BCUT2D eigenvalue weighted by atomic mass is 9.96. The van der Waals surface area contributed by atoms with Crippen molar-refractivity contribution in [2.75, 3.05) is 31.5 Å². The fraction of sp³-hybridized carbons (Fsp3) is 0.600. The van der Waals surface area contributed by atoms with Crippen molar-refractivity contribution in [3.63, 3.8) is 0 Å². The Bertz CT molecular complexity index is 638. The topological polar surface area (TPSA) is 52.7 Å². The second kappa shape index (κ2) is 7.89. The number of benzene rings is 1. The van der Waals surface area contributed by atoms with Crippen LogP contribution in [-0.4, -0.2) is 47.9 Å². The summed E-state index contributed by atoms with van der Waals surface area (Å²) >= 11 is 0. The van der Waals surface area contributed by atoms with Gasteiger partial charge in [-0.15, -0.1) is 0 Å². The number of amides is 3. The van der Waals surface area contributed by atoms with Gasteiger partial charge in [0.15, 0.2) is 0 Å². The zero-order valence-corrected chi connectivity index (χ0v) is 15.4. The number of carbonyl (C=O) groups excluding carboxylic acids is 2. The number of rotatable bonds is 3. The van der Waals surface area contributed by atoms with Crippen molar-refractivity contribution in [3.8, 4) is 0 Å². The van der Waals surface area contributed by atoms with E-state index < -0.39 is 0 Å². The van der Waals surface area contributed by atoms with Crippen molar-refractivity contribution in [2.24, 2.45) is 5.92 Å². The Kier molecular flexibility index (Phi) is 5.61. The summed E-state index contributed by atoms with van der Waals surface area (Å²) in [6, 6.07) is 5.55. The van der Waals surface area contributed by atoms with Gasteiger partial charge in [0.25, 0.3) is 5.91 Å². The van der Waals surface area contributed by atoms with Crippen LogP contribution in [0.25, 0.3) is 0 Å². The monoisotopic (exact) mass is 343 g/mol. The molecule has 25 heavy (non-hydrogen) atoms. The predicted molar refractivity (Wildman–Crippen MR) is 99.9 cm³/mol. The molecule has 0 spiro atoms. The fourth-order valence-electron chi connectivity index (χ4n) is 3.82. The molecule has 0 saturated carbocycles. The first-order chi connectivity index (χ1) is 12.1. The molecule has 0 unspecified atom stereocenters. The van der Waals surface area contributed by atoms with E-state index in [0.717, 1.165) is 63.1 Å². The minimum atomic E-state index is -0.0279. The highest BCUT2D eigenvalue weighted by atomic mass is 16.2. The standard InChI is InChI=1S/C20H29N3O2/c1-3-16-7-6-12-23(14-16)20(25)21-18-9-8-17(13-15(18)2)19(24)22-10-4-5-11-22/h8-9,13,16H,3-7,10-12,14H2,1-2H3,(H,21,25)/t16-/m0/s1. The third kappa shape index (κ3) is 4.14. The van der Waals surface area contributed by atoms with Gasteiger partial charge in [0, 0.05) is 37.4 Å². The maximum Gasteiger partial charge on any atom is 0.321 e. The van der Waals surface area contributed by atoms with E-state index in [9.17, 15) is 9.59 Å². The molecule has 2 saturated heterocycles. The number of anilines is 1. The molecule has 0 radical (unpaired) electrons. The lowest BCUT2D eigenvalue weighted by Crippen LogP contribution is -2.42. The predicted octanol–water partition coefficient (Wildman–Crippen LogP) is 3.88. The number of nitrogens with one attached hydrogen (secondary N) is 1. The van der Waals surface area contributed by atoms with Crippen molar-refractivity contribution < 1.29 is 9.59 Å². The van der Waals surface area contributed by atoms with Crippen LogP contribution in [0.2, 0.25) is 0 Å². The quantitative estimate of drug-likeness (QED) is 0.905. The van der Waals surface area contributed by atoms with E-state index in [4.69, 9.17) is 0 Å².